The number of carbonyl (C=O) groups excluding carboxylic acids is 2. The van der Waals surface area contributed by atoms with Gasteiger partial charge in [-0.2, -0.15) is 0 Å². The summed E-state index contributed by atoms with van der Waals surface area (Å²) in [5.41, 5.74) is 2.58. The molecular formula is C22H25ClN2O3. The predicted octanol–water partition coefficient (Wildman–Crippen LogP) is 4.75. The van der Waals surface area contributed by atoms with Crippen molar-refractivity contribution in [3.63, 3.8) is 0 Å². The van der Waals surface area contributed by atoms with Gasteiger partial charge in [-0.15, -0.1) is 0 Å². The number of rotatable bonds is 6. The molecule has 1 aliphatic heterocycles. The zero-order valence-corrected chi connectivity index (χ0v) is 16.8. The van der Waals surface area contributed by atoms with E-state index in [0.29, 0.717) is 28.4 Å². The van der Waals surface area contributed by atoms with Crippen molar-refractivity contribution in [2.24, 2.45) is 0 Å². The number of hydrogen-bond donors (Lipinski definition) is 1. The first kappa shape index (κ1) is 20.4. The minimum Gasteiger partial charge on any atom is -0.462 e. The Labute approximate surface area is 170 Å². The van der Waals surface area contributed by atoms with Crippen LogP contribution in [0.5, 0.6) is 0 Å². The highest BCUT2D eigenvalue weighted by Gasteiger charge is 2.14. The number of amides is 1. The SMILES string of the molecule is CCOC(=O)c1ccc(NC(=O)c2ccc(CN3CCCCC3)cc2)c(Cl)c1. The van der Waals surface area contributed by atoms with Crippen LogP contribution in [-0.4, -0.2) is 36.5 Å². The Bertz CT molecular complexity index is 830. The fraction of sp³-hybridized carbons (Fsp3) is 0.364. The van der Waals surface area contributed by atoms with Gasteiger partial charge in [0.25, 0.3) is 5.91 Å². The molecule has 0 radical (unpaired) electrons. The van der Waals surface area contributed by atoms with Crippen LogP contribution < -0.4 is 5.32 Å². The molecule has 28 heavy (non-hydrogen) atoms. The van der Waals surface area contributed by atoms with Gasteiger partial charge in [-0.05, 0) is 68.8 Å². The van der Waals surface area contributed by atoms with Crippen molar-refractivity contribution >= 4 is 29.2 Å². The molecule has 1 fully saturated rings. The summed E-state index contributed by atoms with van der Waals surface area (Å²) >= 11 is 6.21. The number of hydrogen-bond acceptors (Lipinski definition) is 4. The van der Waals surface area contributed by atoms with E-state index in [1.165, 1.54) is 30.9 Å². The summed E-state index contributed by atoms with van der Waals surface area (Å²) in [6.07, 6.45) is 3.84. The molecule has 6 heteroatoms. The van der Waals surface area contributed by atoms with Crippen LogP contribution in [-0.2, 0) is 11.3 Å². The van der Waals surface area contributed by atoms with Gasteiger partial charge in [-0.1, -0.05) is 30.2 Å². The second-order valence-corrected chi connectivity index (χ2v) is 7.31. The number of ether oxygens (including phenoxy) is 1. The molecule has 1 N–H and O–H groups in total. The van der Waals surface area contributed by atoms with Crippen molar-refractivity contribution in [1.82, 2.24) is 4.90 Å². The molecule has 3 rings (SSSR count). The molecule has 0 aliphatic carbocycles. The molecule has 2 aromatic carbocycles. The smallest absolute Gasteiger partial charge is 0.338 e. The lowest BCUT2D eigenvalue weighted by Gasteiger charge is -2.26. The first-order valence-corrected chi connectivity index (χ1v) is 10.0. The van der Waals surface area contributed by atoms with E-state index in [1.54, 1.807) is 19.1 Å². The van der Waals surface area contributed by atoms with Crippen LogP contribution >= 0.6 is 11.6 Å². The van der Waals surface area contributed by atoms with Crippen LogP contribution in [0.15, 0.2) is 42.5 Å². The van der Waals surface area contributed by atoms with Gasteiger partial charge in [0.05, 0.1) is 22.9 Å². The highest BCUT2D eigenvalue weighted by atomic mass is 35.5. The third-order valence-corrected chi connectivity index (χ3v) is 5.11. The van der Waals surface area contributed by atoms with Crippen molar-refractivity contribution in [3.05, 3.63) is 64.2 Å². The van der Waals surface area contributed by atoms with Gasteiger partial charge in [-0.25, -0.2) is 4.79 Å². The standard InChI is InChI=1S/C22H25ClN2O3/c1-2-28-22(27)18-10-11-20(19(23)14-18)24-21(26)17-8-6-16(7-9-17)15-25-12-4-3-5-13-25/h6-11,14H,2-5,12-13,15H2,1H3,(H,24,26). The normalized spacial score (nSPS) is 14.5. The van der Waals surface area contributed by atoms with E-state index in [4.69, 9.17) is 16.3 Å². The quantitative estimate of drug-likeness (QED) is 0.710. The lowest BCUT2D eigenvalue weighted by atomic mass is 10.1. The summed E-state index contributed by atoms with van der Waals surface area (Å²) in [7, 11) is 0. The molecular weight excluding hydrogens is 376 g/mol. The number of likely N-dealkylation sites (tertiary alicyclic amines) is 1. The van der Waals surface area contributed by atoms with E-state index in [0.717, 1.165) is 19.6 Å². The van der Waals surface area contributed by atoms with Gasteiger partial charge < -0.3 is 10.1 Å². The maximum atomic E-state index is 12.5. The molecule has 148 valence electrons. The number of nitrogens with one attached hydrogen (secondary N) is 1. The Morgan fingerprint density at radius 1 is 1.04 bits per heavy atom. The minimum atomic E-state index is -0.438. The summed E-state index contributed by atoms with van der Waals surface area (Å²) in [5.74, 6) is -0.679. The van der Waals surface area contributed by atoms with Crippen LogP contribution in [0.2, 0.25) is 5.02 Å². The van der Waals surface area contributed by atoms with E-state index in [9.17, 15) is 9.59 Å². The zero-order chi connectivity index (χ0) is 19.9. The molecule has 0 saturated carbocycles. The molecule has 2 aromatic rings. The Morgan fingerprint density at radius 3 is 2.36 bits per heavy atom. The van der Waals surface area contributed by atoms with Gasteiger partial charge >= 0.3 is 5.97 Å². The van der Waals surface area contributed by atoms with Crippen LogP contribution in [0.4, 0.5) is 5.69 Å². The van der Waals surface area contributed by atoms with E-state index < -0.39 is 5.97 Å². The topological polar surface area (TPSA) is 58.6 Å². The highest BCUT2D eigenvalue weighted by molar-refractivity contribution is 6.34. The molecule has 1 amide bonds. The average molecular weight is 401 g/mol. The Balaban J connectivity index is 1.61. The second kappa shape index (κ2) is 9.71. The van der Waals surface area contributed by atoms with Gasteiger partial charge in [0.1, 0.15) is 0 Å². The first-order valence-electron chi connectivity index (χ1n) is 9.66. The van der Waals surface area contributed by atoms with E-state index in [-0.39, 0.29) is 5.91 Å². The molecule has 0 bridgehead atoms. The van der Waals surface area contributed by atoms with Crippen molar-refractivity contribution < 1.29 is 14.3 Å². The summed E-state index contributed by atoms with van der Waals surface area (Å²) < 4.78 is 4.95. The molecule has 5 nitrogen and oxygen atoms in total. The maximum Gasteiger partial charge on any atom is 0.338 e. The van der Waals surface area contributed by atoms with Crippen molar-refractivity contribution in [2.75, 3.05) is 25.0 Å². The third-order valence-electron chi connectivity index (χ3n) is 4.80. The van der Waals surface area contributed by atoms with Crippen molar-refractivity contribution in [3.8, 4) is 0 Å². The predicted molar refractivity (Wildman–Crippen MR) is 111 cm³/mol. The molecule has 1 saturated heterocycles. The van der Waals surface area contributed by atoms with Gasteiger partial charge in [0, 0.05) is 12.1 Å². The molecule has 0 atom stereocenters. The monoisotopic (exact) mass is 400 g/mol. The Hall–Kier alpha value is -2.37. The van der Waals surface area contributed by atoms with Gasteiger partial charge in [0.15, 0.2) is 0 Å². The van der Waals surface area contributed by atoms with E-state index >= 15 is 0 Å². The summed E-state index contributed by atoms with van der Waals surface area (Å²) in [6.45, 7) is 5.24. The highest BCUT2D eigenvalue weighted by Crippen LogP contribution is 2.24. The van der Waals surface area contributed by atoms with Crippen molar-refractivity contribution in [2.45, 2.75) is 32.7 Å². The summed E-state index contributed by atoms with van der Waals surface area (Å²) in [6, 6.07) is 12.3. The minimum absolute atomic E-state index is 0.240. The van der Waals surface area contributed by atoms with Gasteiger partial charge in [-0.3, -0.25) is 9.69 Å². The van der Waals surface area contributed by atoms with Crippen LogP contribution in [0.25, 0.3) is 0 Å². The lowest BCUT2D eigenvalue weighted by Crippen LogP contribution is -2.29. The maximum absolute atomic E-state index is 12.5. The number of esters is 1. The number of piperidine rings is 1. The number of halogens is 1. The number of nitrogens with zero attached hydrogens (tertiary/aromatic N) is 1. The summed E-state index contributed by atoms with van der Waals surface area (Å²) in [5, 5.41) is 3.08. The number of carbonyl (C=O) groups is 2. The number of anilines is 1. The molecule has 1 aliphatic rings. The van der Waals surface area contributed by atoms with Crippen LogP contribution in [0.3, 0.4) is 0 Å². The first-order chi connectivity index (χ1) is 13.6. The van der Waals surface area contributed by atoms with E-state index in [1.807, 2.05) is 24.3 Å². The molecule has 0 aromatic heterocycles. The fourth-order valence-electron chi connectivity index (χ4n) is 3.29. The Morgan fingerprint density at radius 2 is 1.71 bits per heavy atom. The zero-order valence-electron chi connectivity index (χ0n) is 16.0. The van der Waals surface area contributed by atoms with Crippen LogP contribution in [0.1, 0.15) is 52.5 Å². The lowest BCUT2D eigenvalue weighted by molar-refractivity contribution is 0.0526. The van der Waals surface area contributed by atoms with Crippen molar-refractivity contribution in [1.29, 1.82) is 0 Å². The average Bonchev–Trinajstić information content (AvgIpc) is 2.71. The number of benzene rings is 2. The molecule has 0 unspecified atom stereocenters. The molecule has 0 spiro atoms. The summed E-state index contributed by atoms with van der Waals surface area (Å²) in [4.78, 5) is 26.7. The van der Waals surface area contributed by atoms with Gasteiger partial charge in [0.2, 0.25) is 0 Å². The second-order valence-electron chi connectivity index (χ2n) is 6.90. The third kappa shape index (κ3) is 5.33. The fourth-order valence-corrected chi connectivity index (χ4v) is 3.52. The largest absolute Gasteiger partial charge is 0.462 e. The van der Waals surface area contributed by atoms with E-state index in [2.05, 4.69) is 10.2 Å². The van der Waals surface area contributed by atoms with Crippen LogP contribution in [0, 0.1) is 0 Å². The molecule has 1 heterocycles. The Kier molecular flexibility index (Phi) is 7.06.